The third-order valence-corrected chi connectivity index (χ3v) is 5.24. The van der Waals surface area contributed by atoms with E-state index in [0.29, 0.717) is 11.3 Å². The molecular formula is C21H26N2O3S. The molecule has 0 aliphatic carbocycles. The maximum absolute atomic E-state index is 12.9. The quantitative estimate of drug-likeness (QED) is 0.738. The Bertz CT molecular complexity index is 821. The number of carbonyl (C=O) groups is 2. The van der Waals surface area contributed by atoms with Crippen LogP contribution in [0.15, 0.2) is 47.4 Å². The smallest absolute Gasteiger partial charge is 0.252 e. The van der Waals surface area contributed by atoms with Gasteiger partial charge in [0, 0.05) is 24.6 Å². The standard InChI is InChI=1S/C21H26N2O3S/c1-14-10-11-18(26-5)17(12-14)15(2)22-21(25)16-8-6-7-9-19(16)27-13-20(24)23(3)4/h6-12,15H,13H2,1-5H3,(H,22,25)/t15-/m1/s1. The van der Waals surface area contributed by atoms with Gasteiger partial charge >= 0.3 is 0 Å². The molecule has 2 amide bonds. The minimum absolute atomic E-state index is 0.00748. The molecule has 0 spiro atoms. The van der Waals surface area contributed by atoms with Crippen LogP contribution >= 0.6 is 11.8 Å². The molecule has 0 saturated carbocycles. The molecule has 0 aliphatic rings. The minimum atomic E-state index is -0.214. The van der Waals surface area contributed by atoms with E-state index in [-0.39, 0.29) is 17.9 Å². The van der Waals surface area contributed by atoms with E-state index in [9.17, 15) is 9.59 Å². The molecule has 0 radical (unpaired) electrons. The molecule has 2 rings (SSSR count). The van der Waals surface area contributed by atoms with Gasteiger partial charge in [0.05, 0.1) is 24.5 Å². The summed E-state index contributed by atoms with van der Waals surface area (Å²) >= 11 is 1.37. The second-order valence-corrected chi connectivity index (χ2v) is 7.53. The van der Waals surface area contributed by atoms with Crippen molar-refractivity contribution in [3.05, 3.63) is 59.2 Å². The molecule has 1 atom stereocenters. The van der Waals surface area contributed by atoms with Crippen LogP contribution in [0.4, 0.5) is 0 Å². The maximum atomic E-state index is 12.9. The summed E-state index contributed by atoms with van der Waals surface area (Å²) in [6.07, 6.45) is 0. The lowest BCUT2D eigenvalue weighted by molar-refractivity contribution is -0.125. The van der Waals surface area contributed by atoms with Gasteiger partial charge in [0.25, 0.3) is 5.91 Å². The van der Waals surface area contributed by atoms with Crippen molar-refractivity contribution in [2.75, 3.05) is 27.0 Å². The highest BCUT2D eigenvalue weighted by atomic mass is 32.2. The second-order valence-electron chi connectivity index (χ2n) is 6.51. The third kappa shape index (κ3) is 5.50. The molecule has 27 heavy (non-hydrogen) atoms. The van der Waals surface area contributed by atoms with E-state index in [1.54, 1.807) is 32.2 Å². The summed E-state index contributed by atoms with van der Waals surface area (Å²) in [4.78, 5) is 27.0. The molecule has 6 heteroatoms. The third-order valence-electron chi connectivity index (χ3n) is 4.18. The predicted octanol–water partition coefficient (Wildman–Crippen LogP) is 3.67. The fraction of sp³-hybridized carbons (Fsp3) is 0.333. The number of aryl methyl sites for hydroxylation is 1. The Morgan fingerprint density at radius 3 is 2.56 bits per heavy atom. The largest absolute Gasteiger partial charge is 0.496 e. The van der Waals surface area contributed by atoms with Crippen molar-refractivity contribution in [3.8, 4) is 5.75 Å². The molecule has 2 aromatic carbocycles. The van der Waals surface area contributed by atoms with Gasteiger partial charge in [-0.05, 0) is 32.0 Å². The van der Waals surface area contributed by atoms with Crippen LogP contribution in [0, 0.1) is 6.92 Å². The van der Waals surface area contributed by atoms with Crippen molar-refractivity contribution >= 4 is 23.6 Å². The van der Waals surface area contributed by atoms with Gasteiger partial charge in [-0.1, -0.05) is 29.8 Å². The lowest BCUT2D eigenvalue weighted by Gasteiger charge is -2.19. The van der Waals surface area contributed by atoms with Crippen LogP contribution in [-0.2, 0) is 4.79 Å². The molecule has 144 valence electrons. The molecule has 1 N–H and O–H groups in total. The van der Waals surface area contributed by atoms with E-state index in [1.807, 2.05) is 50.2 Å². The number of methoxy groups -OCH3 is 1. The number of hydrogen-bond donors (Lipinski definition) is 1. The van der Waals surface area contributed by atoms with E-state index < -0.39 is 0 Å². The van der Waals surface area contributed by atoms with Gasteiger partial charge in [-0.3, -0.25) is 9.59 Å². The first kappa shape index (κ1) is 20.8. The maximum Gasteiger partial charge on any atom is 0.252 e. The predicted molar refractivity (Wildman–Crippen MR) is 109 cm³/mol. The molecular weight excluding hydrogens is 360 g/mol. The van der Waals surface area contributed by atoms with Gasteiger partial charge in [-0.2, -0.15) is 0 Å². The zero-order valence-corrected chi connectivity index (χ0v) is 17.2. The normalized spacial score (nSPS) is 11.6. The number of amides is 2. The van der Waals surface area contributed by atoms with Crippen molar-refractivity contribution < 1.29 is 14.3 Å². The number of ether oxygens (including phenoxy) is 1. The highest BCUT2D eigenvalue weighted by Crippen LogP contribution is 2.28. The van der Waals surface area contributed by atoms with Gasteiger partial charge in [-0.25, -0.2) is 0 Å². The first-order valence-corrected chi connectivity index (χ1v) is 9.69. The Labute approximate surface area is 165 Å². The van der Waals surface area contributed by atoms with Crippen molar-refractivity contribution in [1.29, 1.82) is 0 Å². The molecule has 0 heterocycles. The van der Waals surface area contributed by atoms with Gasteiger partial charge < -0.3 is 15.0 Å². The Balaban J connectivity index is 2.16. The fourth-order valence-electron chi connectivity index (χ4n) is 2.59. The first-order chi connectivity index (χ1) is 12.8. The molecule has 5 nitrogen and oxygen atoms in total. The highest BCUT2D eigenvalue weighted by molar-refractivity contribution is 8.00. The molecule has 0 aliphatic heterocycles. The monoisotopic (exact) mass is 386 g/mol. The zero-order chi connectivity index (χ0) is 20.0. The average Bonchev–Trinajstić information content (AvgIpc) is 2.65. The van der Waals surface area contributed by atoms with Crippen LogP contribution in [0.2, 0.25) is 0 Å². The fourth-order valence-corrected chi connectivity index (χ4v) is 3.62. The Kier molecular flexibility index (Phi) is 7.30. The second kappa shape index (κ2) is 9.46. The number of nitrogens with one attached hydrogen (secondary N) is 1. The number of carbonyl (C=O) groups excluding carboxylic acids is 2. The van der Waals surface area contributed by atoms with Crippen LogP contribution in [0.3, 0.4) is 0 Å². The van der Waals surface area contributed by atoms with E-state index in [4.69, 9.17) is 4.74 Å². The zero-order valence-electron chi connectivity index (χ0n) is 16.4. The van der Waals surface area contributed by atoms with E-state index in [0.717, 1.165) is 21.8 Å². The molecule has 0 aromatic heterocycles. The van der Waals surface area contributed by atoms with Crippen LogP contribution in [-0.4, -0.2) is 43.7 Å². The summed E-state index contributed by atoms with van der Waals surface area (Å²) in [5.74, 6) is 0.866. The van der Waals surface area contributed by atoms with Crippen LogP contribution in [0.1, 0.15) is 34.5 Å². The molecule has 0 bridgehead atoms. The molecule has 0 unspecified atom stereocenters. The topological polar surface area (TPSA) is 58.6 Å². The summed E-state index contributed by atoms with van der Waals surface area (Å²) < 4.78 is 5.42. The summed E-state index contributed by atoms with van der Waals surface area (Å²) in [6, 6.07) is 13.0. The van der Waals surface area contributed by atoms with E-state index >= 15 is 0 Å². The summed E-state index contributed by atoms with van der Waals surface area (Å²) in [5, 5.41) is 3.04. The van der Waals surface area contributed by atoms with Gasteiger partial charge in [0.2, 0.25) is 5.91 Å². The first-order valence-electron chi connectivity index (χ1n) is 8.71. The number of rotatable bonds is 7. The average molecular weight is 387 g/mol. The number of thioether (sulfide) groups is 1. The van der Waals surface area contributed by atoms with E-state index in [2.05, 4.69) is 5.32 Å². The lowest BCUT2D eigenvalue weighted by Crippen LogP contribution is -2.27. The summed E-state index contributed by atoms with van der Waals surface area (Å²) in [6.45, 7) is 3.94. The van der Waals surface area contributed by atoms with Crippen molar-refractivity contribution in [2.45, 2.75) is 24.8 Å². The molecule has 0 fully saturated rings. The minimum Gasteiger partial charge on any atom is -0.496 e. The van der Waals surface area contributed by atoms with Crippen molar-refractivity contribution in [3.63, 3.8) is 0 Å². The highest BCUT2D eigenvalue weighted by Gasteiger charge is 2.18. The van der Waals surface area contributed by atoms with Crippen LogP contribution < -0.4 is 10.1 Å². The van der Waals surface area contributed by atoms with Crippen molar-refractivity contribution in [2.24, 2.45) is 0 Å². The Hall–Kier alpha value is -2.47. The number of benzene rings is 2. The number of nitrogens with zero attached hydrogens (tertiary/aromatic N) is 1. The van der Waals surface area contributed by atoms with Gasteiger partial charge in [0.1, 0.15) is 5.75 Å². The Morgan fingerprint density at radius 1 is 1.19 bits per heavy atom. The summed E-state index contributed by atoms with van der Waals surface area (Å²) in [5.41, 5.74) is 2.59. The van der Waals surface area contributed by atoms with Gasteiger partial charge in [0.15, 0.2) is 0 Å². The SMILES string of the molecule is COc1ccc(C)cc1[C@@H](C)NC(=O)c1ccccc1SCC(=O)N(C)C. The van der Waals surface area contributed by atoms with E-state index in [1.165, 1.54) is 11.8 Å². The van der Waals surface area contributed by atoms with Crippen LogP contribution in [0.5, 0.6) is 5.75 Å². The van der Waals surface area contributed by atoms with Crippen molar-refractivity contribution in [1.82, 2.24) is 10.2 Å². The number of hydrogen-bond acceptors (Lipinski definition) is 4. The Morgan fingerprint density at radius 2 is 1.89 bits per heavy atom. The molecule has 0 saturated heterocycles. The van der Waals surface area contributed by atoms with Crippen LogP contribution in [0.25, 0.3) is 0 Å². The summed E-state index contributed by atoms with van der Waals surface area (Å²) in [7, 11) is 5.06. The lowest BCUT2D eigenvalue weighted by atomic mass is 10.0. The molecule has 2 aromatic rings. The van der Waals surface area contributed by atoms with Gasteiger partial charge in [-0.15, -0.1) is 11.8 Å².